The van der Waals surface area contributed by atoms with Crippen molar-refractivity contribution in [2.75, 3.05) is 11.9 Å². The van der Waals surface area contributed by atoms with Crippen molar-refractivity contribution in [1.29, 1.82) is 0 Å². The van der Waals surface area contributed by atoms with Crippen LogP contribution in [0.3, 0.4) is 0 Å². The molecule has 3 aromatic carbocycles. The molecule has 2 heteroatoms. The molecule has 1 atom stereocenters. The van der Waals surface area contributed by atoms with Gasteiger partial charge in [0, 0.05) is 23.4 Å². The van der Waals surface area contributed by atoms with Crippen LogP contribution in [0, 0.1) is 0 Å². The molecule has 0 radical (unpaired) electrons. The second-order valence-corrected chi connectivity index (χ2v) is 5.79. The van der Waals surface area contributed by atoms with Gasteiger partial charge in [0.2, 0.25) is 0 Å². The summed E-state index contributed by atoms with van der Waals surface area (Å²) in [4.78, 5) is 0. The van der Waals surface area contributed by atoms with E-state index in [0.29, 0.717) is 0 Å². The fourth-order valence-corrected chi connectivity index (χ4v) is 2.72. The first kappa shape index (κ1) is 15.6. The third kappa shape index (κ3) is 3.72. The summed E-state index contributed by atoms with van der Waals surface area (Å²) in [7, 11) is 0. The van der Waals surface area contributed by atoms with Crippen molar-refractivity contribution in [1.82, 2.24) is 0 Å². The minimum atomic E-state index is 0.140. The molecule has 0 aliphatic rings. The maximum Gasteiger partial charge on any atom is 0.0796 e. The van der Waals surface area contributed by atoms with E-state index < -0.39 is 0 Å². The first-order chi connectivity index (χ1) is 11.3. The van der Waals surface area contributed by atoms with Crippen molar-refractivity contribution in [2.24, 2.45) is 0 Å². The summed E-state index contributed by atoms with van der Waals surface area (Å²) in [5, 5.41) is 6.00. The minimum absolute atomic E-state index is 0.140. The van der Waals surface area contributed by atoms with E-state index in [9.17, 15) is 0 Å². The van der Waals surface area contributed by atoms with E-state index in [-0.39, 0.29) is 6.10 Å². The zero-order valence-electron chi connectivity index (χ0n) is 13.8. The lowest BCUT2D eigenvalue weighted by Crippen LogP contribution is -2.01. The van der Waals surface area contributed by atoms with Crippen LogP contribution in [0.1, 0.15) is 31.9 Å². The van der Waals surface area contributed by atoms with Gasteiger partial charge in [0.25, 0.3) is 0 Å². The maximum atomic E-state index is 5.77. The Hall–Kier alpha value is -2.32. The summed E-state index contributed by atoms with van der Waals surface area (Å²) in [6, 6.07) is 23.2. The molecule has 3 aromatic rings. The largest absolute Gasteiger partial charge is 0.374 e. The van der Waals surface area contributed by atoms with Gasteiger partial charge in [-0.1, -0.05) is 55.5 Å². The number of rotatable bonds is 6. The maximum absolute atomic E-state index is 5.77. The Morgan fingerprint density at radius 2 is 1.65 bits per heavy atom. The van der Waals surface area contributed by atoms with Gasteiger partial charge in [0.05, 0.1) is 6.10 Å². The first-order valence-electron chi connectivity index (χ1n) is 8.24. The SMILES string of the molecule is CCCOC(C)c1ccc(Nc2cccc3ccccc23)cc1. The van der Waals surface area contributed by atoms with Crippen molar-refractivity contribution in [2.45, 2.75) is 26.4 Å². The van der Waals surface area contributed by atoms with E-state index in [1.165, 1.54) is 16.3 Å². The highest BCUT2D eigenvalue weighted by atomic mass is 16.5. The molecule has 0 fully saturated rings. The second kappa shape index (κ2) is 7.30. The van der Waals surface area contributed by atoms with Crippen LogP contribution in [0.2, 0.25) is 0 Å². The Labute approximate surface area is 138 Å². The molecule has 1 N–H and O–H groups in total. The van der Waals surface area contributed by atoms with Gasteiger partial charge < -0.3 is 10.1 Å². The molecule has 118 valence electrons. The molecule has 0 amide bonds. The van der Waals surface area contributed by atoms with Gasteiger partial charge in [0.15, 0.2) is 0 Å². The van der Waals surface area contributed by atoms with Crippen LogP contribution >= 0.6 is 0 Å². The van der Waals surface area contributed by atoms with E-state index >= 15 is 0 Å². The third-order valence-electron chi connectivity index (χ3n) is 4.02. The minimum Gasteiger partial charge on any atom is -0.374 e. The lowest BCUT2D eigenvalue weighted by atomic mass is 10.1. The average molecular weight is 305 g/mol. The Balaban J connectivity index is 1.77. The van der Waals surface area contributed by atoms with Gasteiger partial charge in [-0.05, 0) is 42.5 Å². The van der Waals surface area contributed by atoms with E-state index in [0.717, 1.165) is 24.4 Å². The number of ether oxygens (including phenoxy) is 1. The van der Waals surface area contributed by atoms with Crippen LogP contribution in [0.5, 0.6) is 0 Å². The second-order valence-electron chi connectivity index (χ2n) is 5.79. The third-order valence-corrected chi connectivity index (χ3v) is 4.02. The van der Waals surface area contributed by atoms with E-state index in [1.54, 1.807) is 0 Å². The zero-order valence-corrected chi connectivity index (χ0v) is 13.8. The van der Waals surface area contributed by atoms with Crippen molar-refractivity contribution in [3.63, 3.8) is 0 Å². The molecule has 0 saturated heterocycles. The molecule has 0 saturated carbocycles. The molecular formula is C21H23NO. The molecule has 2 nitrogen and oxygen atoms in total. The first-order valence-corrected chi connectivity index (χ1v) is 8.24. The lowest BCUT2D eigenvalue weighted by molar-refractivity contribution is 0.0663. The highest BCUT2D eigenvalue weighted by Gasteiger charge is 2.06. The molecule has 0 bridgehead atoms. The summed E-state index contributed by atoms with van der Waals surface area (Å²) >= 11 is 0. The van der Waals surface area contributed by atoms with E-state index in [1.807, 2.05) is 0 Å². The molecule has 23 heavy (non-hydrogen) atoms. The Morgan fingerprint density at radius 1 is 0.913 bits per heavy atom. The number of fused-ring (bicyclic) bond motifs is 1. The van der Waals surface area contributed by atoms with Crippen molar-refractivity contribution < 1.29 is 4.74 Å². The number of anilines is 2. The van der Waals surface area contributed by atoms with Crippen LogP contribution in [0.4, 0.5) is 11.4 Å². The summed E-state index contributed by atoms with van der Waals surface area (Å²) in [6.45, 7) is 5.03. The molecule has 1 unspecified atom stereocenters. The van der Waals surface area contributed by atoms with E-state index in [4.69, 9.17) is 4.74 Å². The summed E-state index contributed by atoms with van der Waals surface area (Å²) < 4.78 is 5.77. The van der Waals surface area contributed by atoms with E-state index in [2.05, 4.69) is 85.9 Å². The predicted octanol–water partition coefficient (Wildman–Crippen LogP) is 6.07. The molecule has 0 aliphatic carbocycles. The van der Waals surface area contributed by atoms with Gasteiger partial charge >= 0.3 is 0 Å². The Morgan fingerprint density at radius 3 is 2.43 bits per heavy atom. The zero-order chi connectivity index (χ0) is 16.1. The summed E-state index contributed by atoms with van der Waals surface area (Å²) in [5.74, 6) is 0. The highest BCUT2D eigenvalue weighted by molar-refractivity contribution is 5.95. The summed E-state index contributed by atoms with van der Waals surface area (Å²) in [5.41, 5.74) is 3.43. The number of benzene rings is 3. The average Bonchev–Trinajstić information content (AvgIpc) is 2.60. The molecule has 0 aromatic heterocycles. The number of nitrogens with one attached hydrogen (secondary N) is 1. The highest BCUT2D eigenvalue weighted by Crippen LogP contribution is 2.27. The van der Waals surface area contributed by atoms with Crippen LogP contribution < -0.4 is 5.32 Å². The van der Waals surface area contributed by atoms with Crippen LogP contribution in [-0.2, 0) is 4.74 Å². The molecule has 0 aliphatic heterocycles. The Kier molecular flexibility index (Phi) is 4.94. The molecule has 0 spiro atoms. The van der Waals surface area contributed by atoms with Crippen LogP contribution in [-0.4, -0.2) is 6.61 Å². The predicted molar refractivity (Wildman–Crippen MR) is 98.3 cm³/mol. The van der Waals surface area contributed by atoms with Gasteiger partial charge in [-0.25, -0.2) is 0 Å². The van der Waals surface area contributed by atoms with Gasteiger partial charge in [-0.15, -0.1) is 0 Å². The van der Waals surface area contributed by atoms with Crippen molar-refractivity contribution in [3.05, 3.63) is 72.3 Å². The quantitative estimate of drug-likeness (QED) is 0.596. The fourth-order valence-electron chi connectivity index (χ4n) is 2.72. The molecule has 0 heterocycles. The van der Waals surface area contributed by atoms with Crippen LogP contribution in [0.25, 0.3) is 10.8 Å². The van der Waals surface area contributed by atoms with Gasteiger partial charge in [0.1, 0.15) is 0 Å². The number of hydrogen-bond donors (Lipinski definition) is 1. The molecular weight excluding hydrogens is 282 g/mol. The van der Waals surface area contributed by atoms with Crippen molar-refractivity contribution >= 4 is 22.1 Å². The number of hydrogen-bond acceptors (Lipinski definition) is 2. The monoisotopic (exact) mass is 305 g/mol. The van der Waals surface area contributed by atoms with Crippen LogP contribution in [0.15, 0.2) is 66.7 Å². The van der Waals surface area contributed by atoms with Gasteiger partial charge in [-0.3, -0.25) is 0 Å². The van der Waals surface area contributed by atoms with Crippen molar-refractivity contribution in [3.8, 4) is 0 Å². The molecule has 3 rings (SSSR count). The normalized spacial score (nSPS) is 12.3. The van der Waals surface area contributed by atoms with Gasteiger partial charge in [-0.2, -0.15) is 0 Å². The smallest absolute Gasteiger partial charge is 0.0796 e. The Bertz CT molecular complexity index is 759. The lowest BCUT2D eigenvalue weighted by Gasteiger charge is -2.14. The summed E-state index contributed by atoms with van der Waals surface area (Å²) in [6.07, 6.45) is 1.19. The fraction of sp³-hybridized carbons (Fsp3) is 0.238. The standard InChI is InChI=1S/C21H23NO/c1-3-15-23-16(2)17-11-13-19(14-12-17)22-21-10-6-8-18-7-4-5-9-20(18)21/h4-14,16,22H,3,15H2,1-2H3. The topological polar surface area (TPSA) is 21.3 Å².